The van der Waals surface area contributed by atoms with E-state index in [1.165, 1.54) is 0 Å². The molecule has 2 heterocycles. The lowest BCUT2D eigenvalue weighted by Gasteiger charge is -2.23. The van der Waals surface area contributed by atoms with E-state index in [1.54, 1.807) is 7.11 Å². The molecule has 90 valence electrons. The fraction of sp³-hybridized carbons (Fsp3) is 0.900. The highest BCUT2D eigenvalue weighted by molar-refractivity contribution is 8.03. The summed E-state index contributed by atoms with van der Waals surface area (Å²) < 4.78 is 22.3. The first-order valence-electron chi connectivity index (χ1n) is 5.12. The summed E-state index contributed by atoms with van der Waals surface area (Å²) in [5, 5.41) is 10.6. The van der Waals surface area contributed by atoms with Gasteiger partial charge in [0.05, 0.1) is 6.10 Å². The van der Waals surface area contributed by atoms with Crippen molar-refractivity contribution in [3.05, 3.63) is 0 Å². The Morgan fingerprint density at radius 2 is 2.06 bits per heavy atom. The molecule has 0 spiro atoms. The molecule has 0 aromatic carbocycles. The molecular formula is C10H15NO4S. The second-order valence-corrected chi connectivity index (χ2v) is 5.05. The highest BCUT2D eigenvalue weighted by atomic mass is 32.2. The Labute approximate surface area is 99.0 Å². The van der Waals surface area contributed by atoms with Crippen molar-refractivity contribution in [2.24, 2.45) is 0 Å². The lowest BCUT2D eigenvalue weighted by Crippen LogP contribution is -2.31. The minimum absolute atomic E-state index is 0.152. The first kappa shape index (κ1) is 12.1. The molecule has 2 aliphatic rings. The third kappa shape index (κ3) is 2.19. The van der Waals surface area contributed by atoms with Crippen molar-refractivity contribution in [2.75, 3.05) is 12.9 Å². The molecule has 0 aromatic heterocycles. The zero-order valence-electron chi connectivity index (χ0n) is 9.50. The van der Waals surface area contributed by atoms with Crippen LogP contribution in [0.15, 0.2) is 0 Å². The van der Waals surface area contributed by atoms with Crippen LogP contribution in [0.1, 0.15) is 13.8 Å². The Bertz CT molecular complexity index is 304. The maximum Gasteiger partial charge on any atom is 0.186 e. The summed E-state index contributed by atoms with van der Waals surface area (Å²) in [7, 11) is 1.58. The van der Waals surface area contributed by atoms with Crippen molar-refractivity contribution >= 4 is 11.8 Å². The maximum atomic E-state index is 8.55. The van der Waals surface area contributed by atoms with Crippen LogP contribution in [0.5, 0.6) is 0 Å². The number of ether oxygens (including phenoxy) is 4. The van der Waals surface area contributed by atoms with Crippen LogP contribution in [-0.4, -0.2) is 43.3 Å². The second-order valence-electron chi connectivity index (χ2n) is 4.25. The van der Waals surface area contributed by atoms with Gasteiger partial charge in [-0.05, 0) is 25.6 Å². The van der Waals surface area contributed by atoms with Crippen LogP contribution < -0.4 is 0 Å². The van der Waals surface area contributed by atoms with Crippen LogP contribution in [0.3, 0.4) is 0 Å². The van der Waals surface area contributed by atoms with Crippen LogP contribution in [0, 0.1) is 10.7 Å². The van der Waals surface area contributed by atoms with Crippen molar-refractivity contribution in [3.8, 4) is 5.40 Å². The van der Waals surface area contributed by atoms with E-state index in [0.717, 1.165) is 11.8 Å². The quantitative estimate of drug-likeness (QED) is 0.694. The number of methoxy groups -OCH3 is 1. The van der Waals surface area contributed by atoms with Crippen LogP contribution in [-0.2, 0) is 18.9 Å². The van der Waals surface area contributed by atoms with E-state index < -0.39 is 12.1 Å². The monoisotopic (exact) mass is 245 g/mol. The van der Waals surface area contributed by atoms with E-state index in [-0.39, 0.29) is 18.3 Å². The number of hydrogen-bond donors (Lipinski definition) is 0. The summed E-state index contributed by atoms with van der Waals surface area (Å²) in [6.07, 6.45) is -0.914. The average molecular weight is 245 g/mol. The first-order chi connectivity index (χ1) is 7.57. The van der Waals surface area contributed by atoms with E-state index in [9.17, 15) is 0 Å². The molecule has 0 bridgehead atoms. The summed E-state index contributed by atoms with van der Waals surface area (Å²) in [5.74, 6) is -0.0393. The normalized spacial score (nSPS) is 40.6. The number of thiocyanates is 1. The number of rotatable bonds is 3. The zero-order chi connectivity index (χ0) is 11.8. The Kier molecular flexibility index (Phi) is 3.42. The summed E-state index contributed by atoms with van der Waals surface area (Å²) >= 11 is 1.16. The van der Waals surface area contributed by atoms with E-state index in [2.05, 4.69) is 0 Å². The van der Waals surface area contributed by atoms with Crippen molar-refractivity contribution in [2.45, 2.75) is 44.2 Å². The minimum atomic E-state index is -0.606. The second kappa shape index (κ2) is 4.51. The Balaban J connectivity index is 2.05. The molecule has 2 rings (SSSR count). The van der Waals surface area contributed by atoms with Gasteiger partial charge in [-0.15, -0.1) is 0 Å². The van der Waals surface area contributed by atoms with Crippen LogP contribution in [0.4, 0.5) is 0 Å². The molecular weight excluding hydrogens is 230 g/mol. The van der Waals surface area contributed by atoms with Crippen LogP contribution in [0.25, 0.3) is 0 Å². The molecule has 0 aliphatic carbocycles. The molecule has 0 aromatic rings. The highest BCUT2D eigenvalue weighted by Gasteiger charge is 2.55. The Morgan fingerprint density at radius 3 is 2.69 bits per heavy atom. The van der Waals surface area contributed by atoms with E-state index in [4.69, 9.17) is 24.2 Å². The first-order valence-corrected chi connectivity index (χ1v) is 6.11. The van der Waals surface area contributed by atoms with Gasteiger partial charge in [0.1, 0.15) is 17.6 Å². The summed E-state index contributed by atoms with van der Waals surface area (Å²) in [6, 6.07) is 0. The largest absolute Gasteiger partial charge is 0.353 e. The number of hydrogen-bond acceptors (Lipinski definition) is 6. The number of nitriles is 1. The van der Waals surface area contributed by atoms with Gasteiger partial charge in [-0.1, -0.05) is 0 Å². The molecule has 2 fully saturated rings. The van der Waals surface area contributed by atoms with Gasteiger partial charge in [0.15, 0.2) is 12.1 Å². The molecule has 0 unspecified atom stereocenters. The van der Waals surface area contributed by atoms with Gasteiger partial charge in [-0.25, -0.2) is 0 Å². The van der Waals surface area contributed by atoms with E-state index in [0.29, 0.717) is 5.75 Å². The fourth-order valence-corrected chi connectivity index (χ4v) is 2.59. The molecule has 4 atom stereocenters. The molecule has 0 N–H and O–H groups in total. The van der Waals surface area contributed by atoms with Crippen molar-refractivity contribution in [3.63, 3.8) is 0 Å². The topological polar surface area (TPSA) is 60.7 Å². The summed E-state index contributed by atoms with van der Waals surface area (Å²) in [5.41, 5.74) is 0. The van der Waals surface area contributed by atoms with Crippen molar-refractivity contribution in [1.29, 1.82) is 5.26 Å². The van der Waals surface area contributed by atoms with Gasteiger partial charge < -0.3 is 18.9 Å². The molecule has 0 amide bonds. The van der Waals surface area contributed by atoms with E-state index in [1.807, 2.05) is 19.2 Å². The van der Waals surface area contributed by atoms with Gasteiger partial charge in [0, 0.05) is 12.9 Å². The van der Waals surface area contributed by atoms with Gasteiger partial charge in [0.2, 0.25) is 0 Å². The third-order valence-electron chi connectivity index (χ3n) is 2.65. The van der Waals surface area contributed by atoms with Crippen LogP contribution in [0.2, 0.25) is 0 Å². The Hall–Kier alpha value is -0.320. The predicted molar refractivity (Wildman–Crippen MR) is 57.6 cm³/mol. The standard InChI is InChI=1S/C10H15NO4S/c1-10(2)14-7-6(4-16-5-11)13-9(12-3)8(7)15-10/h6-9H,4H2,1-3H3/t6-,7-,8+,9-/m0/s1. The molecule has 0 saturated carbocycles. The maximum absolute atomic E-state index is 8.55. The molecule has 16 heavy (non-hydrogen) atoms. The van der Waals surface area contributed by atoms with Crippen molar-refractivity contribution in [1.82, 2.24) is 0 Å². The number of thioether (sulfide) groups is 1. The lowest BCUT2D eigenvalue weighted by molar-refractivity contribution is -0.224. The summed E-state index contributed by atoms with van der Waals surface area (Å²) in [4.78, 5) is 0. The number of nitrogens with zero attached hydrogens (tertiary/aromatic N) is 1. The summed E-state index contributed by atoms with van der Waals surface area (Å²) in [6.45, 7) is 3.74. The molecule has 6 heteroatoms. The highest BCUT2D eigenvalue weighted by Crippen LogP contribution is 2.39. The van der Waals surface area contributed by atoms with Crippen LogP contribution >= 0.6 is 11.8 Å². The van der Waals surface area contributed by atoms with E-state index >= 15 is 0 Å². The molecule has 2 saturated heterocycles. The number of fused-ring (bicyclic) bond motifs is 1. The van der Waals surface area contributed by atoms with Crippen molar-refractivity contribution < 1.29 is 18.9 Å². The third-order valence-corrected chi connectivity index (χ3v) is 3.28. The fourth-order valence-electron chi connectivity index (χ4n) is 2.09. The molecule has 0 radical (unpaired) electrons. The van der Waals surface area contributed by atoms with Gasteiger partial charge in [-0.3, -0.25) is 0 Å². The average Bonchev–Trinajstić information content (AvgIpc) is 2.69. The smallest absolute Gasteiger partial charge is 0.186 e. The SMILES string of the molecule is CO[C@H]1O[C@@H](CSC#N)[C@@H]2OC(C)(C)O[C@@H]12. The predicted octanol–water partition coefficient (Wildman–Crippen LogP) is 1.09. The van der Waals surface area contributed by atoms with Gasteiger partial charge in [-0.2, -0.15) is 5.26 Å². The molecule has 5 nitrogen and oxygen atoms in total. The molecule has 2 aliphatic heterocycles. The van der Waals surface area contributed by atoms with Gasteiger partial charge in [0.25, 0.3) is 0 Å². The lowest BCUT2D eigenvalue weighted by atomic mass is 10.2. The van der Waals surface area contributed by atoms with Gasteiger partial charge >= 0.3 is 0 Å². The zero-order valence-corrected chi connectivity index (χ0v) is 10.3. The minimum Gasteiger partial charge on any atom is -0.353 e. The Morgan fingerprint density at radius 1 is 1.38 bits per heavy atom.